The molecule has 0 saturated carbocycles. The maximum Gasteiger partial charge on any atom is 0.436 e. The van der Waals surface area contributed by atoms with E-state index in [2.05, 4.69) is 5.32 Å². The fraction of sp³-hybridized carbons (Fsp3) is 0.484. The third-order valence-electron chi connectivity index (χ3n) is 7.68. The largest absolute Gasteiger partial charge is 0.443 e. The van der Waals surface area contributed by atoms with Gasteiger partial charge in [0.05, 0.1) is 6.42 Å². The van der Waals surface area contributed by atoms with E-state index in [9.17, 15) is 19.2 Å². The van der Waals surface area contributed by atoms with Crippen LogP contribution in [0.15, 0.2) is 60.7 Å². The summed E-state index contributed by atoms with van der Waals surface area (Å²) >= 11 is 0. The highest BCUT2D eigenvalue weighted by molar-refractivity contribution is 5.95. The summed E-state index contributed by atoms with van der Waals surface area (Å²) in [4.78, 5) is 60.6. The zero-order valence-electron chi connectivity index (χ0n) is 25.2. The molecule has 2 aromatic rings. The summed E-state index contributed by atoms with van der Waals surface area (Å²) in [5.41, 5.74) is 0.562. The van der Waals surface area contributed by atoms with Crippen molar-refractivity contribution in [1.82, 2.24) is 20.4 Å². The molecule has 1 N–H and O–H groups in total. The first-order chi connectivity index (χ1) is 20.8. The smallest absolute Gasteiger partial charge is 0.436 e. The summed E-state index contributed by atoms with van der Waals surface area (Å²) in [7, 11) is 0. The van der Waals surface area contributed by atoms with Crippen LogP contribution in [0.25, 0.3) is 0 Å². The molecule has 6 atom stereocenters. The molecule has 2 aromatic carbocycles. The van der Waals surface area contributed by atoms with Gasteiger partial charge in [0.15, 0.2) is 12.0 Å². The summed E-state index contributed by atoms with van der Waals surface area (Å²) in [6.45, 7) is 8.41. The number of fused-ring (bicyclic) bond motifs is 1. The van der Waals surface area contributed by atoms with Gasteiger partial charge in [-0.2, -0.15) is 10.1 Å². The predicted molar refractivity (Wildman–Crippen MR) is 152 cm³/mol. The van der Waals surface area contributed by atoms with E-state index in [-0.39, 0.29) is 13.0 Å². The molecule has 5 heterocycles. The maximum absolute atomic E-state index is 13.8. The number of amides is 4. The summed E-state index contributed by atoms with van der Waals surface area (Å²) in [5.74, 6) is -2.07. The first-order valence-corrected chi connectivity index (χ1v) is 14.5. The van der Waals surface area contributed by atoms with Gasteiger partial charge in [0.25, 0.3) is 5.91 Å². The normalized spacial score (nSPS) is 28.4. The van der Waals surface area contributed by atoms with Gasteiger partial charge < -0.3 is 24.3 Å². The summed E-state index contributed by atoms with van der Waals surface area (Å²) in [5, 5.41) is 5.94. The topological polar surface area (TPSA) is 136 Å². The van der Waals surface area contributed by atoms with Crippen molar-refractivity contribution in [3.8, 4) is 0 Å². The molecule has 0 unspecified atom stereocenters. The van der Waals surface area contributed by atoms with Gasteiger partial charge in [-0.25, -0.2) is 14.6 Å². The van der Waals surface area contributed by atoms with Crippen molar-refractivity contribution in [2.24, 2.45) is 0 Å². The molecule has 4 amide bonds. The molecule has 234 valence electrons. The van der Waals surface area contributed by atoms with Gasteiger partial charge in [-0.05, 0) is 45.7 Å². The number of ether oxygens (including phenoxy) is 4. The second-order valence-corrected chi connectivity index (χ2v) is 12.6. The van der Waals surface area contributed by atoms with Crippen molar-refractivity contribution in [3.05, 3.63) is 71.8 Å². The van der Waals surface area contributed by atoms with Crippen LogP contribution in [0.4, 0.5) is 9.59 Å². The highest BCUT2D eigenvalue weighted by atomic mass is 16.8. The highest BCUT2D eigenvalue weighted by Gasteiger charge is 2.72. The number of hydrazine groups is 1. The maximum atomic E-state index is 13.8. The fourth-order valence-corrected chi connectivity index (χ4v) is 5.98. The Bertz CT molecular complexity index is 1430. The Hall–Kier alpha value is -4.20. The number of benzene rings is 2. The van der Waals surface area contributed by atoms with Crippen molar-refractivity contribution in [2.45, 2.75) is 95.6 Å². The Morgan fingerprint density at radius 2 is 1.50 bits per heavy atom. The van der Waals surface area contributed by atoms with Gasteiger partial charge in [0.1, 0.15) is 42.6 Å². The third kappa shape index (κ3) is 5.58. The molecule has 5 aliphatic rings. The second-order valence-electron chi connectivity index (χ2n) is 12.6. The lowest BCUT2D eigenvalue weighted by Crippen LogP contribution is -2.78. The molecule has 5 saturated heterocycles. The first kappa shape index (κ1) is 29.9. The van der Waals surface area contributed by atoms with Crippen molar-refractivity contribution in [3.63, 3.8) is 0 Å². The molecule has 2 bridgehead atoms. The summed E-state index contributed by atoms with van der Waals surface area (Å²) in [6.07, 6.45) is -5.87. The number of β-lactam (4-membered cyclic amide) rings is 1. The van der Waals surface area contributed by atoms with E-state index >= 15 is 0 Å². The Morgan fingerprint density at radius 3 is 2.14 bits per heavy atom. The van der Waals surface area contributed by atoms with Crippen LogP contribution in [0.5, 0.6) is 0 Å². The Balaban J connectivity index is 1.35. The Labute approximate surface area is 254 Å². The zero-order valence-corrected chi connectivity index (χ0v) is 25.2. The highest BCUT2D eigenvalue weighted by Crippen LogP contribution is 2.47. The van der Waals surface area contributed by atoms with E-state index in [0.29, 0.717) is 0 Å². The molecule has 13 nitrogen and oxygen atoms in total. The molecule has 5 aliphatic heterocycles. The van der Waals surface area contributed by atoms with Crippen LogP contribution < -0.4 is 5.32 Å². The minimum absolute atomic E-state index is 0.0396. The molecule has 0 aliphatic carbocycles. The number of rotatable bonds is 5. The lowest BCUT2D eigenvalue weighted by Gasteiger charge is -2.50. The van der Waals surface area contributed by atoms with E-state index in [1.165, 1.54) is 5.01 Å². The van der Waals surface area contributed by atoms with Crippen LogP contribution in [-0.2, 0) is 46.4 Å². The van der Waals surface area contributed by atoms with E-state index in [1.54, 1.807) is 46.8 Å². The molecular formula is C31H36N4O9. The van der Waals surface area contributed by atoms with Crippen LogP contribution in [0.1, 0.15) is 45.7 Å². The van der Waals surface area contributed by atoms with Gasteiger partial charge in [0, 0.05) is 0 Å². The lowest BCUT2D eigenvalue weighted by atomic mass is 9.87. The third-order valence-corrected chi connectivity index (χ3v) is 7.68. The summed E-state index contributed by atoms with van der Waals surface area (Å²) in [6, 6.07) is 16.2. The lowest BCUT2D eigenvalue weighted by molar-refractivity contribution is -0.275. The summed E-state index contributed by atoms with van der Waals surface area (Å²) < 4.78 is 23.8. The monoisotopic (exact) mass is 608 g/mol. The van der Waals surface area contributed by atoms with Crippen LogP contribution in [-0.4, -0.2) is 87.0 Å². The standard InChI is InChI=1S/C31H36N4O9/c1-30(2,3)43-28(38)34-26-25-24(41-31(4,5)42-25)23(44-35(26)29(39)40-17-19-14-10-7-11-15-19)22-21(27(37)33(22)34)32-20(36)16-18-12-8-6-9-13-18/h6-15,21-26H,16-17H2,1-5H3,(H,32,36)/t21-,22+,23+,24-,25-,26-/m1/s1. The SMILES string of the molecule is CC(C)(C)OC(=O)N1[C@H]2[C@@H]3OC(C)(C)O[C@@H]3[C@@H](ON2C(=O)OCc2ccccc2)[C@@H]2[C@@H](NC(=O)Cc3ccccc3)C(=O)N21. The van der Waals surface area contributed by atoms with Crippen LogP contribution in [0.2, 0.25) is 0 Å². The number of nitrogens with zero attached hydrogens (tertiary/aromatic N) is 3. The average molecular weight is 609 g/mol. The van der Waals surface area contributed by atoms with Crippen LogP contribution in [0, 0.1) is 0 Å². The van der Waals surface area contributed by atoms with E-state index in [0.717, 1.165) is 21.2 Å². The molecule has 0 aromatic heterocycles. The number of nitrogens with one attached hydrogen (secondary N) is 1. The van der Waals surface area contributed by atoms with E-state index < -0.39 is 72.0 Å². The minimum Gasteiger partial charge on any atom is -0.443 e. The first-order valence-electron chi connectivity index (χ1n) is 14.5. The van der Waals surface area contributed by atoms with Gasteiger partial charge >= 0.3 is 12.2 Å². The Morgan fingerprint density at radius 1 is 0.886 bits per heavy atom. The van der Waals surface area contributed by atoms with Crippen molar-refractivity contribution in [1.29, 1.82) is 0 Å². The molecule has 5 fully saturated rings. The molecule has 0 radical (unpaired) electrons. The van der Waals surface area contributed by atoms with Crippen molar-refractivity contribution in [2.75, 3.05) is 0 Å². The zero-order chi connectivity index (χ0) is 31.4. The van der Waals surface area contributed by atoms with Gasteiger partial charge in [-0.3, -0.25) is 14.4 Å². The number of carbonyl (C=O) groups excluding carboxylic acids is 4. The van der Waals surface area contributed by atoms with Crippen LogP contribution >= 0.6 is 0 Å². The number of carbonyl (C=O) groups is 4. The molecule has 13 heteroatoms. The van der Waals surface area contributed by atoms with Crippen LogP contribution in [0.3, 0.4) is 0 Å². The second kappa shape index (κ2) is 11.1. The van der Waals surface area contributed by atoms with Gasteiger partial charge in [-0.15, -0.1) is 0 Å². The number of hydroxylamine groups is 2. The molecule has 44 heavy (non-hydrogen) atoms. The minimum atomic E-state index is -1.33. The predicted octanol–water partition coefficient (Wildman–Crippen LogP) is 2.89. The van der Waals surface area contributed by atoms with E-state index in [1.807, 2.05) is 48.5 Å². The molecule has 0 spiro atoms. The quantitative estimate of drug-likeness (QED) is 0.508. The Kier molecular flexibility index (Phi) is 7.50. The molecule has 7 rings (SSSR count). The average Bonchev–Trinajstić information content (AvgIpc) is 3.18. The number of hydrogen-bond donors (Lipinski definition) is 1. The van der Waals surface area contributed by atoms with Gasteiger partial charge in [0.2, 0.25) is 5.91 Å². The van der Waals surface area contributed by atoms with Crippen molar-refractivity contribution < 1.29 is 43.0 Å². The van der Waals surface area contributed by atoms with E-state index in [4.69, 9.17) is 23.8 Å². The number of hydrogen-bond acceptors (Lipinski definition) is 9. The van der Waals surface area contributed by atoms with Crippen molar-refractivity contribution >= 4 is 24.0 Å². The van der Waals surface area contributed by atoms with Gasteiger partial charge in [-0.1, -0.05) is 60.7 Å². The molecular weight excluding hydrogens is 572 g/mol. The fourth-order valence-electron chi connectivity index (χ4n) is 5.98.